The van der Waals surface area contributed by atoms with E-state index in [1.807, 2.05) is 30.3 Å². The van der Waals surface area contributed by atoms with Crippen molar-refractivity contribution in [3.05, 3.63) is 53.6 Å². The lowest BCUT2D eigenvalue weighted by atomic mass is 9.97. The average Bonchev–Trinajstić information content (AvgIpc) is 2.69. The number of halogens is 1. The molecule has 1 aliphatic rings. The Balaban J connectivity index is 1.59. The van der Waals surface area contributed by atoms with E-state index in [0.29, 0.717) is 29.5 Å². The number of carbonyl (C=O) groups excluding carboxylic acids is 2. The molecular formula is C20H22ClN3O3. The maximum absolute atomic E-state index is 12.6. The average molecular weight is 388 g/mol. The van der Waals surface area contributed by atoms with E-state index in [0.717, 1.165) is 18.5 Å². The number of piperidine rings is 1. The first-order chi connectivity index (χ1) is 13.1. The second-order valence-corrected chi connectivity index (χ2v) is 6.83. The number of methoxy groups -OCH3 is 1. The summed E-state index contributed by atoms with van der Waals surface area (Å²) in [6.45, 7) is 1.02. The van der Waals surface area contributed by atoms with Crippen LogP contribution in [0, 0.1) is 5.92 Å². The highest BCUT2D eigenvalue weighted by Gasteiger charge is 2.28. The lowest BCUT2D eigenvalue weighted by Crippen LogP contribution is -2.45. The quantitative estimate of drug-likeness (QED) is 0.824. The summed E-state index contributed by atoms with van der Waals surface area (Å²) in [5.74, 6) is 0.172. The minimum absolute atomic E-state index is 0.117. The molecule has 0 bridgehead atoms. The zero-order valence-corrected chi connectivity index (χ0v) is 15.8. The van der Waals surface area contributed by atoms with Crippen LogP contribution in [0.2, 0.25) is 5.02 Å². The van der Waals surface area contributed by atoms with Crippen LogP contribution in [0.1, 0.15) is 12.8 Å². The molecule has 0 spiro atoms. The fourth-order valence-corrected chi connectivity index (χ4v) is 3.35. The van der Waals surface area contributed by atoms with Gasteiger partial charge in [-0.15, -0.1) is 0 Å². The number of urea groups is 1. The number of likely N-dealkylation sites (tertiary alicyclic amines) is 1. The van der Waals surface area contributed by atoms with E-state index in [2.05, 4.69) is 10.6 Å². The zero-order valence-electron chi connectivity index (χ0n) is 15.1. The van der Waals surface area contributed by atoms with Crippen LogP contribution < -0.4 is 15.4 Å². The molecule has 1 aliphatic heterocycles. The number of rotatable bonds is 4. The number of anilines is 2. The number of nitrogens with zero attached hydrogens (tertiary/aromatic N) is 1. The van der Waals surface area contributed by atoms with Gasteiger partial charge in [-0.2, -0.15) is 0 Å². The molecule has 2 aromatic rings. The van der Waals surface area contributed by atoms with E-state index >= 15 is 0 Å². The summed E-state index contributed by atoms with van der Waals surface area (Å²) >= 11 is 6.10. The second kappa shape index (κ2) is 8.77. The van der Waals surface area contributed by atoms with Gasteiger partial charge in [0.1, 0.15) is 5.75 Å². The van der Waals surface area contributed by atoms with Crippen molar-refractivity contribution in [2.45, 2.75) is 12.8 Å². The molecule has 6 nitrogen and oxygen atoms in total. The van der Waals surface area contributed by atoms with Gasteiger partial charge in [0.25, 0.3) is 0 Å². The molecule has 0 aliphatic carbocycles. The molecule has 3 rings (SSSR count). The highest BCUT2D eigenvalue weighted by molar-refractivity contribution is 6.32. The number of hydrogen-bond acceptors (Lipinski definition) is 3. The lowest BCUT2D eigenvalue weighted by Gasteiger charge is -2.32. The highest BCUT2D eigenvalue weighted by Crippen LogP contribution is 2.28. The topological polar surface area (TPSA) is 70.7 Å². The molecule has 142 valence electrons. The van der Waals surface area contributed by atoms with Crippen molar-refractivity contribution in [2.75, 3.05) is 30.8 Å². The molecule has 0 unspecified atom stereocenters. The van der Waals surface area contributed by atoms with Crippen LogP contribution in [-0.4, -0.2) is 37.0 Å². The van der Waals surface area contributed by atoms with Gasteiger partial charge in [0.2, 0.25) is 5.91 Å². The van der Waals surface area contributed by atoms with Crippen molar-refractivity contribution < 1.29 is 14.3 Å². The molecule has 1 heterocycles. The van der Waals surface area contributed by atoms with Crippen LogP contribution in [0.5, 0.6) is 5.75 Å². The molecule has 0 radical (unpaired) electrons. The van der Waals surface area contributed by atoms with Crippen molar-refractivity contribution in [3.8, 4) is 5.75 Å². The largest absolute Gasteiger partial charge is 0.495 e. The Labute approximate surface area is 163 Å². The maximum Gasteiger partial charge on any atom is 0.321 e. The number of benzene rings is 2. The van der Waals surface area contributed by atoms with E-state index in [1.165, 1.54) is 7.11 Å². The summed E-state index contributed by atoms with van der Waals surface area (Å²) < 4.78 is 5.11. The van der Waals surface area contributed by atoms with E-state index in [-0.39, 0.29) is 17.9 Å². The Hall–Kier alpha value is -2.73. The Kier molecular flexibility index (Phi) is 6.19. The van der Waals surface area contributed by atoms with Crippen LogP contribution in [0.4, 0.5) is 16.2 Å². The third-order valence-corrected chi connectivity index (χ3v) is 4.82. The van der Waals surface area contributed by atoms with Gasteiger partial charge in [0.15, 0.2) is 0 Å². The lowest BCUT2D eigenvalue weighted by molar-refractivity contribution is -0.121. The van der Waals surface area contributed by atoms with Gasteiger partial charge < -0.3 is 20.3 Å². The van der Waals surface area contributed by atoms with Crippen molar-refractivity contribution in [3.63, 3.8) is 0 Å². The maximum atomic E-state index is 12.6. The fraction of sp³-hybridized carbons (Fsp3) is 0.300. The number of hydrogen-bond donors (Lipinski definition) is 2. The monoisotopic (exact) mass is 387 g/mol. The first kappa shape index (κ1) is 19.0. The van der Waals surface area contributed by atoms with Crippen LogP contribution in [0.25, 0.3) is 0 Å². The molecule has 2 N–H and O–H groups in total. The van der Waals surface area contributed by atoms with Crippen LogP contribution >= 0.6 is 11.6 Å². The van der Waals surface area contributed by atoms with Gasteiger partial charge in [0.05, 0.1) is 18.1 Å². The van der Waals surface area contributed by atoms with E-state index < -0.39 is 0 Å². The molecule has 3 amide bonds. The standard InChI is InChI=1S/C20H22ClN3O3/c1-27-18-10-9-16(12-17(18)21)22-19(25)14-6-5-11-24(13-14)20(26)23-15-7-3-2-4-8-15/h2-4,7-10,12,14H,5-6,11,13H2,1H3,(H,22,25)(H,23,26)/t14-/m0/s1. The number of nitrogens with one attached hydrogen (secondary N) is 2. The summed E-state index contributed by atoms with van der Waals surface area (Å²) in [7, 11) is 1.54. The van der Waals surface area contributed by atoms with Gasteiger partial charge in [0, 0.05) is 24.5 Å². The Morgan fingerprint density at radius 2 is 1.89 bits per heavy atom. The van der Waals surface area contributed by atoms with E-state index in [4.69, 9.17) is 16.3 Å². The zero-order chi connectivity index (χ0) is 19.2. The number of para-hydroxylation sites is 1. The highest BCUT2D eigenvalue weighted by atomic mass is 35.5. The van der Waals surface area contributed by atoms with Crippen LogP contribution in [-0.2, 0) is 4.79 Å². The third-order valence-electron chi connectivity index (χ3n) is 4.52. The minimum Gasteiger partial charge on any atom is -0.495 e. The Morgan fingerprint density at radius 3 is 2.59 bits per heavy atom. The van der Waals surface area contributed by atoms with Crippen molar-refractivity contribution in [1.82, 2.24) is 4.90 Å². The summed E-state index contributed by atoms with van der Waals surface area (Å²) in [4.78, 5) is 26.8. The van der Waals surface area contributed by atoms with Crippen molar-refractivity contribution >= 4 is 34.9 Å². The third kappa shape index (κ3) is 4.92. The van der Waals surface area contributed by atoms with E-state index in [1.54, 1.807) is 23.1 Å². The fourth-order valence-electron chi connectivity index (χ4n) is 3.09. The summed E-state index contributed by atoms with van der Waals surface area (Å²) in [5.41, 5.74) is 1.35. The molecule has 0 aromatic heterocycles. The van der Waals surface area contributed by atoms with Crippen molar-refractivity contribution in [1.29, 1.82) is 0 Å². The summed E-state index contributed by atoms with van der Waals surface area (Å²) in [5, 5.41) is 6.17. The SMILES string of the molecule is COc1ccc(NC(=O)[C@H]2CCCN(C(=O)Nc3ccccc3)C2)cc1Cl. The molecule has 0 saturated carbocycles. The predicted octanol–water partition coefficient (Wildman–Crippen LogP) is 4.23. The molecule has 27 heavy (non-hydrogen) atoms. The van der Waals surface area contributed by atoms with Gasteiger partial charge in [-0.05, 0) is 43.2 Å². The number of carbonyl (C=O) groups is 2. The van der Waals surface area contributed by atoms with Gasteiger partial charge in [-0.3, -0.25) is 4.79 Å². The Morgan fingerprint density at radius 1 is 1.11 bits per heavy atom. The Bertz CT molecular complexity index is 813. The van der Waals surface area contributed by atoms with Gasteiger partial charge >= 0.3 is 6.03 Å². The molecule has 7 heteroatoms. The molecule has 1 saturated heterocycles. The van der Waals surface area contributed by atoms with Gasteiger partial charge in [-0.1, -0.05) is 29.8 Å². The normalized spacial score (nSPS) is 16.5. The molecule has 2 aromatic carbocycles. The summed E-state index contributed by atoms with van der Waals surface area (Å²) in [6, 6.07) is 14.2. The number of amides is 3. The molecular weight excluding hydrogens is 366 g/mol. The smallest absolute Gasteiger partial charge is 0.321 e. The molecule has 1 fully saturated rings. The van der Waals surface area contributed by atoms with Gasteiger partial charge in [-0.25, -0.2) is 4.79 Å². The molecule has 1 atom stereocenters. The predicted molar refractivity (Wildman–Crippen MR) is 106 cm³/mol. The van der Waals surface area contributed by atoms with Crippen LogP contribution in [0.15, 0.2) is 48.5 Å². The second-order valence-electron chi connectivity index (χ2n) is 6.42. The first-order valence-corrected chi connectivity index (χ1v) is 9.20. The first-order valence-electron chi connectivity index (χ1n) is 8.82. The van der Waals surface area contributed by atoms with Crippen LogP contribution in [0.3, 0.4) is 0 Å². The minimum atomic E-state index is -0.263. The van der Waals surface area contributed by atoms with Crippen molar-refractivity contribution in [2.24, 2.45) is 5.92 Å². The summed E-state index contributed by atoms with van der Waals surface area (Å²) in [6.07, 6.45) is 1.52. The number of ether oxygens (including phenoxy) is 1. The van der Waals surface area contributed by atoms with E-state index in [9.17, 15) is 9.59 Å².